The van der Waals surface area contributed by atoms with Crippen molar-refractivity contribution in [1.82, 2.24) is 0 Å². The molecule has 4 bridgehead atoms. The van der Waals surface area contributed by atoms with Gasteiger partial charge in [-0.3, -0.25) is 9.59 Å². The van der Waals surface area contributed by atoms with Crippen LogP contribution in [0.25, 0.3) is 0 Å². The first kappa shape index (κ1) is 16.1. The fourth-order valence-electron chi connectivity index (χ4n) is 5.88. The summed E-state index contributed by atoms with van der Waals surface area (Å²) in [5, 5.41) is 2.92. The van der Waals surface area contributed by atoms with Gasteiger partial charge in [0, 0.05) is 10.7 Å². The van der Waals surface area contributed by atoms with Gasteiger partial charge >= 0.3 is 0 Å². The molecule has 0 saturated heterocycles. The van der Waals surface area contributed by atoms with Crippen molar-refractivity contribution < 1.29 is 9.59 Å². The Bertz CT molecular complexity index is 688. The van der Waals surface area contributed by atoms with Crippen LogP contribution in [0.1, 0.15) is 55.3 Å². The number of anilines is 1. The van der Waals surface area contributed by atoms with E-state index in [2.05, 4.69) is 21.2 Å². The second-order valence-electron chi connectivity index (χ2n) is 8.25. The maximum atomic E-state index is 12.7. The molecule has 2 amide bonds. The summed E-state index contributed by atoms with van der Waals surface area (Å²) in [6.07, 6.45) is 7.83. The van der Waals surface area contributed by atoms with E-state index in [0.29, 0.717) is 17.7 Å². The highest BCUT2D eigenvalue weighted by atomic mass is 79.9. The highest BCUT2D eigenvalue weighted by Crippen LogP contribution is 2.65. The summed E-state index contributed by atoms with van der Waals surface area (Å²) in [7, 11) is 0. The summed E-state index contributed by atoms with van der Waals surface area (Å²) in [5.74, 6) is 1.01. The van der Waals surface area contributed by atoms with E-state index >= 15 is 0 Å². The van der Waals surface area contributed by atoms with Gasteiger partial charge in [-0.25, -0.2) is 0 Å². The predicted molar refractivity (Wildman–Crippen MR) is 97.0 cm³/mol. The van der Waals surface area contributed by atoms with Gasteiger partial charge in [-0.1, -0.05) is 28.1 Å². The van der Waals surface area contributed by atoms with Crippen LogP contribution in [0.4, 0.5) is 5.69 Å². The van der Waals surface area contributed by atoms with Crippen molar-refractivity contribution in [2.45, 2.75) is 49.3 Å². The first-order chi connectivity index (χ1) is 11.4. The van der Waals surface area contributed by atoms with Crippen LogP contribution in [0.15, 0.2) is 24.3 Å². The number of hydrogen-bond acceptors (Lipinski definition) is 2. The molecule has 4 fully saturated rings. The number of para-hydroxylation sites is 1. The number of hydrogen-bond donors (Lipinski definition) is 2. The van der Waals surface area contributed by atoms with Gasteiger partial charge in [-0.05, 0) is 67.9 Å². The van der Waals surface area contributed by atoms with Crippen LogP contribution in [-0.4, -0.2) is 16.1 Å². The Kier molecular flexibility index (Phi) is 3.75. The molecule has 0 aliphatic heterocycles. The Morgan fingerprint density at radius 2 is 1.83 bits per heavy atom. The zero-order valence-electron chi connectivity index (χ0n) is 13.7. The molecule has 2 unspecified atom stereocenters. The minimum absolute atomic E-state index is 0.00162. The average Bonchev–Trinajstić information content (AvgIpc) is 2.43. The fourth-order valence-corrected chi connectivity index (χ4v) is 7.40. The second kappa shape index (κ2) is 5.58. The van der Waals surface area contributed by atoms with Crippen molar-refractivity contribution >= 4 is 33.4 Å². The number of rotatable bonds is 4. The molecule has 4 nitrogen and oxygen atoms in total. The van der Waals surface area contributed by atoms with Gasteiger partial charge in [0.15, 0.2) is 0 Å². The van der Waals surface area contributed by atoms with E-state index in [4.69, 9.17) is 5.73 Å². The summed E-state index contributed by atoms with van der Waals surface area (Å²) >= 11 is 3.99. The van der Waals surface area contributed by atoms with Crippen molar-refractivity contribution in [3.63, 3.8) is 0 Å². The lowest BCUT2D eigenvalue weighted by Gasteiger charge is -2.60. The number of alkyl halides is 1. The SMILES string of the molecule is NC(=O)c1ccccc1NC(=O)CC12C[C@@H]3C[C@@H](CC(Br)(C3)C1)C2. The first-order valence-corrected chi connectivity index (χ1v) is 9.53. The van der Waals surface area contributed by atoms with Crippen LogP contribution in [0.3, 0.4) is 0 Å². The Balaban J connectivity index is 1.50. The van der Waals surface area contributed by atoms with Crippen LogP contribution in [0, 0.1) is 17.3 Å². The largest absolute Gasteiger partial charge is 0.366 e. The van der Waals surface area contributed by atoms with E-state index in [-0.39, 0.29) is 15.6 Å². The molecule has 4 aliphatic carbocycles. The van der Waals surface area contributed by atoms with Crippen LogP contribution < -0.4 is 11.1 Å². The Hall–Kier alpha value is -1.36. The minimum atomic E-state index is -0.514. The molecule has 4 atom stereocenters. The van der Waals surface area contributed by atoms with E-state index in [1.807, 2.05) is 0 Å². The summed E-state index contributed by atoms with van der Waals surface area (Å²) in [4.78, 5) is 24.2. The third-order valence-corrected chi connectivity index (χ3v) is 7.04. The number of amides is 2. The van der Waals surface area contributed by atoms with E-state index in [9.17, 15) is 9.59 Å². The molecule has 0 heterocycles. The molecule has 4 saturated carbocycles. The second-order valence-corrected chi connectivity index (χ2v) is 9.93. The lowest BCUT2D eigenvalue weighted by Crippen LogP contribution is -2.53. The molecular weight excluding hydrogens is 368 g/mol. The smallest absolute Gasteiger partial charge is 0.250 e. The number of carbonyl (C=O) groups excluding carboxylic acids is 2. The average molecular weight is 391 g/mol. The van der Waals surface area contributed by atoms with Gasteiger partial charge in [0.2, 0.25) is 5.91 Å². The van der Waals surface area contributed by atoms with E-state index in [1.165, 1.54) is 32.1 Å². The Morgan fingerprint density at radius 1 is 1.17 bits per heavy atom. The number of carbonyl (C=O) groups is 2. The molecule has 0 aromatic heterocycles. The van der Waals surface area contributed by atoms with Gasteiger partial charge in [0.25, 0.3) is 5.91 Å². The molecule has 0 radical (unpaired) electrons. The van der Waals surface area contributed by atoms with Crippen molar-refractivity contribution in [3.05, 3.63) is 29.8 Å². The normalized spacial score (nSPS) is 36.5. The van der Waals surface area contributed by atoms with Gasteiger partial charge in [0.05, 0.1) is 11.3 Å². The quantitative estimate of drug-likeness (QED) is 0.766. The lowest BCUT2D eigenvalue weighted by molar-refractivity contribution is -0.123. The number of primary amides is 1. The maximum Gasteiger partial charge on any atom is 0.250 e. The number of nitrogens with two attached hydrogens (primary N) is 1. The van der Waals surface area contributed by atoms with E-state index in [0.717, 1.165) is 18.3 Å². The van der Waals surface area contributed by atoms with Crippen LogP contribution in [-0.2, 0) is 4.79 Å². The molecule has 24 heavy (non-hydrogen) atoms. The number of nitrogens with one attached hydrogen (secondary N) is 1. The summed E-state index contributed by atoms with van der Waals surface area (Å²) in [6, 6.07) is 6.95. The minimum Gasteiger partial charge on any atom is -0.366 e. The maximum absolute atomic E-state index is 12.7. The summed E-state index contributed by atoms with van der Waals surface area (Å²) in [5.41, 5.74) is 6.41. The van der Waals surface area contributed by atoms with Crippen molar-refractivity contribution in [2.75, 3.05) is 5.32 Å². The highest BCUT2D eigenvalue weighted by molar-refractivity contribution is 9.10. The fraction of sp³-hybridized carbons (Fsp3) is 0.579. The van der Waals surface area contributed by atoms with Crippen LogP contribution in [0.5, 0.6) is 0 Å². The molecule has 128 valence electrons. The zero-order valence-corrected chi connectivity index (χ0v) is 15.3. The number of halogens is 1. The Morgan fingerprint density at radius 3 is 2.46 bits per heavy atom. The van der Waals surface area contributed by atoms with Gasteiger partial charge in [-0.15, -0.1) is 0 Å². The molecule has 1 aromatic rings. The predicted octanol–water partition coefficient (Wildman–Crippen LogP) is 3.85. The van der Waals surface area contributed by atoms with Crippen molar-refractivity contribution in [3.8, 4) is 0 Å². The zero-order chi connectivity index (χ0) is 16.9. The summed E-state index contributed by atoms with van der Waals surface area (Å²) in [6.45, 7) is 0. The van der Waals surface area contributed by atoms with Gasteiger partial charge < -0.3 is 11.1 Å². The molecular formula is C19H23BrN2O2. The van der Waals surface area contributed by atoms with Gasteiger partial charge in [-0.2, -0.15) is 0 Å². The standard InChI is InChI=1S/C19H23BrN2O2/c20-19-8-12-5-13(9-19)7-18(6-12,11-19)10-16(23)22-15-4-2-1-3-14(15)17(21)24/h1-4,12-13H,5-11H2,(H2,21,24)(H,22,23)/t12-,13+,18?,19?. The molecule has 4 aliphatic rings. The molecule has 3 N–H and O–H groups in total. The molecule has 5 rings (SSSR count). The number of benzene rings is 1. The van der Waals surface area contributed by atoms with Crippen LogP contribution in [0.2, 0.25) is 0 Å². The molecule has 1 aromatic carbocycles. The summed E-state index contributed by atoms with van der Waals surface area (Å²) < 4.78 is 0.252. The van der Waals surface area contributed by atoms with E-state index in [1.54, 1.807) is 24.3 Å². The first-order valence-electron chi connectivity index (χ1n) is 8.74. The Labute approximate surface area is 150 Å². The van der Waals surface area contributed by atoms with Gasteiger partial charge in [0.1, 0.15) is 0 Å². The third-order valence-electron chi connectivity index (χ3n) is 6.11. The van der Waals surface area contributed by atoms with Crippen molar-refractivity contribution in [1.29, 1.82) is 0 Å². The monoisotopic (exact) mass is 390 g/mol. The molecule has 5 heteroatoms. The highest BCUT2D eigenvalue weighted by Gasteiger charge is 2.57. The lowest BCUT2D eigenvalue weighted by atomic mass is 9.48. The topological polar surface area (TPSA) is 72.2 Å². The third kappa shape index (κ3) is 2.87. The van der Waals surface area contributed by atoms with Crippen LogP contribution >= 0.6 is 15.9 Å². The van der Waals surface area contributed by atoms with Crippen molar-refractivity contribution in [2.24, 2.45) is 23.0 Å². The van der Waals surface area contributed by atoms with E-state index < -0.39 is 5.91 Å². The molecule has 0 spiro atoms.